The quantitative estimate of drug-likeness (QED) is 0.823. The average Bonchev–Trinajstić information content (AvgIpc) is 2.39. The monoisotopic (exact) mass is 238 g/mol. The predicted octanol–water partition coefficient (Wildman–Crippen LogP) is 2.29. The highest BCUT2D eigenvalue weighted by Gasteiger charge is 2.11. The number of aromatic nitrogens is 2. The lowest BCUT2D eigenvalue weighted by Crippen LogP contribution is -2.19. The van der Waals surface area contributed by atoms with Crippen molar-refractivity contribution in [1.29, 1.82) is 5.26 Å². The average molecular weight is 238 g/mol. The Labute approximate surface area is 107 Å². The van der Waals surface area contributed by atoms with Crippen molar-refractivity contribution in [1.82, 2.24) is 9.97 Å². The molecule has 0 unspecified atom stereocenters. The SMILES string of the molecule is Cc1ccnc(N(C)Cc2cccnc2)c1C#N. The Balaban J connectivity index is 2.27. The molecular weight excluding hydrogens is 224 g/mol. The van der Waals surface area contributed by atoms with Gasteiger partial charge < -0.3 is 4.90 Å². The van der Waals surface area contributed by atoms with Gasteiger partial charge in [0.05, 0.1) is 5.56 Å². The fourth-order valence-corrected chi connectivity index (χ4v) is 1.81. The first kappa shape index (κ1) is 12.1. The van der Waals surface area contributed by atoms with Crippen molar-refractivity contribution in [2.45, 2.75) is 13.5 Å². The summed E-state index contributed by atoms with van der Waals surface area (Å²) < 4.78 is 0. The maximum absolute atomic E-state index is 9.19. The zero-order valence-electron chi connectivity index (χ0n) is 10.5. The van der Waals surface area contributed by atoms with E-state index in [-0.39, 0.29) is 0 Å². The maximum atomic E-state index is 9.19. The lowest BCUT2D eigenvalue weighted by atomic mass is 10.1. The van der Waals surface area contributed by atoms with Crippen LogP contribution in [0.2, 0.25) is 0 Å². The van der Waals surface area contributed by atoms with Crippen LogP contribution in [0.3, 0.4) is 0 Å². The molecule has 90 valence electrons. The molecule has 0 amide bonds. The highest BCUT2D eigenvalue weighted by atomic mass is 15.2. The van der Waals surface area contributed by atoms with Gasteiger partial charge in [-0.3, -0.25) is 4.98 Å². The van der Waals surface area contributed by atoms with Gasteiger partial charge in [-0.15, -0.1) is 0 Å². The molecule has 0 aliphatic carbocycles. The molecule has 0 spiro atoms. The van der Waals surface area contributed by atoms with Crippen LogP contribution >= 0.6 is 0 Å². The van der Waals surface area contributed by atoms with E-state index in [1.807, 2.05) is 43.3 Å². The molecule has 2 aromatic heterocycles. The van der Waals surface area contributed by atoms with Crippen molar-refractivity contribution in [3.63, 3.8) is 0 Å². The number of anilines is 1. The Kier molecular flexibility index (Phi) is 3.54. The number of nitrogens with zero attached hydrogens (tertiary/aromatic N) is 4. The van der Waals surface area contributed by atoms with Crippen LogP contribution in [0.1, 0.15) is 16.7 Å². The molecular formula is C14H14N4. The summed E-state index contributed by atoms with van der Waals surface area (Å²) in [5.74, 6) is 0.710. The predicted molar refractivity (Wildman–Crippen MR) is 70.0 cm³/mol. The fourth-order valence-electron chi connectivity index (χ4n) is 1.81. The minimum absolute atomic E-state index is 0.629. The molecule has 0 aliphatic heterocycles. The van der Waals surface area contributed by atoms with Crippen molar-refractivity contribution < 1.29 is 0 Å². The molecule has 2 heterocycles. The van der Waals surface area contributed by atoms with Crippen molar-refractivity contribution in [2.75, 3.05) is 11.9 Å². The van der Waals surface area contributed by atoms with Crippen molar-refractivity contribution in [3.8, 4) is 6.07 Å². The summed E-state index contributed by atoms with van der Waals surface area (Å²) in [4.78, 5) is 10.3. The minimum atomic E-state index is 0.629. The van der Waals surface area contributed by atoms with E-state index in [1.54, 1.807) is 12.4 Å². The van der Waals surface area contributed by atoms with Gasteiger partial charge in [0, 0.05) is 32.2 Å². The Morgan fingerprint density at radius 1 is 1.33 bits per heavy atom. The first-order valence-corrected chi connectivity index (χ1v) is 5.68. The molecule has 0 saturated carbocycles. The first-order valence-electron chi connectivity index (χ1n) is 5.68. The van der Waals surface area contributed by atoms with Gasteiger partial charge in [-0.05, 0) is 30.2 Å². The van der Waals surface area contributed by atoms with Gasteiger partial charge in [-0.1, -0.05) is 6.07 Å². The standard InChI is InChI=1S/C14H14N4/c1-11-5-7-17-14(13(11)8-15)18(2)10-12-4-3-6-16-9-12/h3-7,9H,10H2,1-2H3. The summed E-state index contributed by atoms with van der Waals surface area (Å²) in [5.41, 5.74) is 2.66. The maximum Gasteiger partial charge on any atom is 0.146 e. The molecule has 0 bridgehead atoms. The Morgan fingerprint density at radius 2 is 2.17 bits per heavy atom. The third kappa shape index (κ3) is 2.46. The third-order valence-electron chi connectivity index (χ3n) is 2.76. The number of aryl methyl sites for hydroxylation is 1. The molecule has 18 heavy (non-hydrogen) atoms. The summed E-state index contributed by atoms with van der Waals surface area (Å²) in [6.45, 7) is 2.60. The highest BCUT2D eigenvalue weighted by Crippen LogP contribution is 2.20. The van der Waals surface area contributed by atoms with Gasteiger partial charge in [-0.2, -0.15) is 5.26 Å². The van der Waals surface area contributed by atoms with E-state index in [2.05, 4.69) is 16.0 Å². The summed E-state index contributed by atoms with van der Waals surface area (Å²) >= 11 is 0. The third-order valence-corrected chi connectivity index (χ3v) is 2.76. The Bertz CT molecular complexity index is 572. The number of rotatable bonds is 3. The van der Waals surface area contributed by atoms with E-state index in [9.17, 15) is 5.26 Å². The van der Waals surface area contributed by atoms with Crippen molar-refractivity contribution in [3.05, 3.63) is 53.5 Å². The van der Waals surface area contributed by atoms with Crippen LogP contribution in [0.5, 0.6) is 0 Å². The van der Waals surface area contributed by atoms with Gasteiger partial charge in [-0.25, -0.2) is 4.98 Å². The van der Waals surface area contributed by atoms with E-state index in [1.165, 1.54) is 0 Å². The molecule has 0 aromatic carbocycles. The van der Waals surface area contributed by atoms with E-state index in [4.69, 9.17) is 0 Å². The summed E-state index contributed by atoms with van der Waals surface area (Å²) in [5, 5.41) is 9.19. The van der Waals surface area contributed by atoms with Gasteiger partial charge in [0.25, 0.3) is 0 Å². The lowest BCUT2D eigenvalue weighted by Gasteiger charge is -2.19. The van der Waals surface area contributed by atoms with Crippen LogP contribution in [-0.2, 0) is 6.54 Å². The smallest absolute Gasteiger partial charge is 0.146 e. The minimum Gasteiger partial charge on any atom is -0.354 e. The Hall–Kier alpha value is -2.41. The second kappa shape index (κ2) is 5.28. The second-order valence-corrected chi connectivity index (χ2v) is 4.16. The molecule has 0 N–H and O–H groups in total. The molecule has 0 fully saturated rings. The fraction of sp³-hybridized carbons (Fsp3) is 0.214. The van der Waals surface area contributed by atoms with Crippen LogP contribution in [0.25, 0.3) is 0 Å². The summed E-state index contributed by atoms with van der Waals surface area (Å²) in [7, 11) is 1.93. The molecule has 2 rings (SSSR count). The lowest BCUT2D eigenvalue weighted by molar-refractivity contribution is 0.887. The van der Waals surface area contributed by atoms with Crippen molar-refractivity contribution in [2.24, 2.45) is 0 Å². The largest absolute Gasteiger partial charge is 0.354 e. The molecule has 4 heteroatoms. The van der Waals surface area contributed by atoms with E-state index < -0.39 is 0 Å². The normalized spacial score (nSPS) is 9.83. The zero-order chi connectivity index (χ0) is 13.0. The van der Waals surface area contributed by atoms with Crippen LogP contribution in [0.15, 0.2) is 36.8 Å². The molecule has 0 aliphatic rings. The van der Waals surface area contributed by atoms with Crippen LogP contribution < -0.4 is 4.90 Å². The van der Waals surface area contributed by atoms with Gasteiger partial charge in [0.2, 0.25) is 0 Å². The van der Waals surface area contributed by atoms with Crippen LogP contribution in [0.4, 0.5) is 5.82 Å². The topological polar surface area (TPSA) is 52.8 Å². The van der Waals surface area contributed by atoms with Gasteiger partial charge in [0.15, 0.2) is 0 Å². The van der Waals surface area contributed by atoms with E-state index in [0.29, 0.717) is 17.9 Å². The molecule has 0 atom stereocenters. The summed E-state index contributed by atoms with van der Waals surface area (Å²) in [6.07, 6.45) is 5.29. The molecule has 0 saturated heterocycles. The highest BCUT2D eigenvalue weighted by molar-refractivity contribution is 5.56. The number of hydrogen-bond acceptors (Lipinski definition) is 4. The molecule has 4 nitrogen and oxygen atoms in total. The summed E-state index contributed by atoms with van der Waals surface area (Å²) in [6, 6.07) is 7.96. The van der Waals surface area contributed by atoms with Gasteiger partial charge >= 0.3 is 0 Å². The first-order chi connectivity index (χ1) is 8.72. The van der Waals surface area contributed by atoms with Crippen LogP contribution in [-0.4, -0.2) is 17.0 Å². The zero-order valence-corrected chi connectivity index (χ0v) is 10.5. The Morgan fingerprint density at radius 3 is 2.83 bits per heavy atom. The molecule has 2 aromatic rings. The van der Waals surface area contributed by atoms with E-state index in [0.717, 1.165) is 11.1 Å². The molecule has 0 radical (unpaired) electrons. The second-order valence-electron chi connectivity index (χ2n) is 4.16. The van der Waals surface area contributed by atoms with E-state index >= 15 is 0 Å². The van der Waals surface area contributed by atoms with Crippen molar-refractivity contribution >= 4 is 5.82 Å². The van der Waals surface area contributed by atoms with Gasteiger partial charge in [0.1, 0.15) is 11.9 Å². The van der Waals surface area contributed by atoms with Crippen LogP contribution in [0, 0.1) is 18.3 Å². The number of nitriles is 1. The number of hydrogen-bond donors (Lipinski definition) is 0. The number of pyridine rings is 2.